The van der Waals surface area contributed by atoms with Crippen LogP contribution in [0, 0.1) is 17.5 Å². The van der Waals surface area contributed by atoms with E-state index < -0.39 is 17.5 Å². The van der Waals surface area contributed by atoms with Crippen molar-refractivity contribution >= 4 is 0 Å². The SMILES string of the molecule is OC1CCC(c2ccc(F)c(F)c2F)CC1. The summed E-state index contributed by atoms with van der Waals surface area (Å²) in [4.78, 5) is 0. The van der Waals surface area contributed by atoms with Gasteiger partial charge in [-0.05, 0) is 43.2 Å². The Kier molecular flexibility index (Phi) is 3.19. The summed E-state index contributed by atoms with van der Waals surface area (Å²) >= 11 is 0. The van der Waals surface area contributed by atoms with Gasteiger partial charge < -0.3 is 5.11 Å². The average molecular weight is 230 g/mol. The van der Waals surface area contributed by atoms with E-state index in [4.69, 9.17) is 0 Å². The lowest BCUT2D eigenvalue weighted by Gasteiger charge is -2.26. The molecule has 0 bridgehead atoms. The zero-order valence-electron chi connectivity index (χ0n) is 8.72. The van der Waals surface area contributed by atoms with E-state index in [1.807, 2.05) is 0 Å². The minimum Gasteiger partial charge on any atom is -0.393 e. The summed E-state index contributed by atoms with van der Waals surface area (Å²) in [5.41, 5.74) is 0.228. The Bertz CT molecular complexity index is 384. The molecule has 1 N–H and O–H groups in total. The Labute approximate surface area is 91.9 Å². The van der Waals surface area contributed by atoms with E-state index in [2.05, 4.69) is 0 Å². The summed E-state index contributed by atoms with van der Waals surface area (Å²) in [6.45, 7) is 0. The maximum Gasteiger partial charge on any atom is 0.194 e. The zero-order valence-corrected chi connectivity index (χ0v) is 8.72. The molecule has 0 unspecified atom stereocenters. The van der Waals surface area contributed by atoms with Crippen LogP contribution in [0.15, 0.2) is 12.1 Å². The van der Waals surface area contributed by atoms with Crippen LogP contribution in [0.5, 0.6) is 0 Å². The van der Waals surface area contributed by atoms with Gasteiger partial charge in [0.05, 0.1) is 6.10 Å². The van der Waals surface area contributed by atoms with E-state index in [9.17, 15) is 18.3 Å². The highest BCUT2D eigenvalue weighted by Gasteiger charge is 2.25. The van der Waals surface area contributed by atoms with Gasteiger partial charge in [-0.3, -0.25) is 0 Å². The number of benzene rings is 1. The van der Waals surface area contributed by atoms with Crippen molar-refractivity contribution in [3.05, 3.63) is 35.1 Å². The largest absolute Gasteiger partial charge is 0.393 e. The molecule has 1 aromatic carbocycles. The molecule has 1 aliphatic rings. The van der Waals surface area contributed by atoms with Crippen LogP contribution < -0.4 is 0 Å². The van der Waals surface area contributed by atoms with E-state index >= 15 is 0 Å². The van der Waals surface area contributed by atoms with E-state index in [-0.39, 0.29) is 17.6 Å². The second kappa shape index (κ2) is 4.45. The van der Waals surface area contributed by atoms with Crippen LogP contribution in [0.2, 0.25) is 0 Å². The molecule has 0 spiro atoms. The minimum atomic E-state index is -1.40. The van der Waals surface area contributed by atoms with E-state index in [0.29, 0.717) is 25.7 Å². The molecule has 2 rings (SSSR count). The van der Waals surface area contributed by atoms with Gasteiger partial charge in [0.2, 0.25) is 0 Å². The van der Waals surface area contributed by atoms with Gasteiger partial charge in [0.15, 0.2) is 17.5 Å². The molecule has 0 aromatic heterocycles. The summed E-state index contributed by atoms with van der Waals surface area (Å²) < 4.78 is 39.2. The van der Waals surface area contributed by atoms with Crippen LogP contribution in [0.4, 0.5) is 13.2 Å². The van der Waals surface area contributed by atoms with Crippen LogP contribution in [-0.4, -0.2) is 11.2 Å². The first kappa shape index (κ1) is 11.5. The van der Waals surface area contributed by atoms with Crippen molar-refractivity contribution in [3.8, 4) is 0 Å². The maximum absolute atomic E-state index is 13.5. The van der Waals surface area contributed by atoms with E-state index in [0.717, 1.165) is 6.07 Å². The van der Waals surface area contributed by atoms with Gasteiger partial charge in [0, 0.05) is 0 Å². The predicted molar refractivity (Wildman–Crippen MR) is 53.5 cm³/mol. The third-order valence-electron chi connectivity index (χ3n) is 3.20. The van der Waals surface area contributed by atoms with Gasteiger partial charge in [-0.25, -0.2) is 13.2 Å². The maximum atomic E-state index is 13.5. The zero-order chi connectivity index (χ0) is 11.7. The molecule has 1 aliphatic carbocycles. The van der Waals surface area contributed by atoms with Crippen LogP contribution in [0.1, 0.15) is 37.2 Å². The second-order valence-corrected chi connectivity index (χ2v) is 4.27. The highest BCUT2D eigenvalue weighted by atomic mass is 19.2. The fourth-order valence-corrected chi connectivity index (χ4v) is 2.24. The minimum absolute atomic E-state index is 0.113. The van der Waals surface area contributed by atoms with Gasteiger partial charge in [0.25, 0.3) is 0 Å². The van der Waals surface area contributed by atoms with E-state index in [1.165, 1.54) is 6.07 Å². The van der Waals surface area contributed by atoms with Crippen molar-refractivity contribution in [1.82, 2.24) is 0 Å². The van der Waals surface area contributed by atoms with Crippen molar-refractivity contribution in [2.75, 3.05) is 0 Å². The fourth-order valence-electron chi connectivity index (χ4n) is 2.24. The van der Waals surface area contributed by atoms with Crippen LogP contribution in [0.25, 0.3) is 0 Å². The molecule has 0 radical (unpaired) electrons. The molecule has 0 heterocycles. The normalized spacial score (nSPS) is 25.8. The molecule has 1 aromatic rings. The molecule has 16 heavy (non-hydrogen) atoms. The highest BCUT2D eigenvalue weighted by molar-refractivity contribution is 5.24. The number of hydrogen-bond acceptors (Lipinski definition) is 1. The lowest BCUT2D eigenvalue weighted by molar-refractivity contribution is 0.122. The molecule has 0 aliphatic heterocycles. The van der Waals surface area contributed by atoms with Crippen molar-refractivity contribution in [1.29, 1.82) is 0 Å². The molecule has 1 fully saturated rings. The third-order valence-corrected chi connectivity index (χ3v) is 3.20. The molecule has 0 saturated heterocycles. The van der Waals surface area contributed by atoms with Crippen molar-refractivity contribution in [3.63, 3.8) is 0 Å². The molecule has 1 nitrogen and oxygen atoms in total. The van der Waals surface area contributed by atoms with Crippen LogP contribution in [-0.2, 0) is 0 Å². The number of halogens is 3. The molecule has 88 valence electrons. The van der Waals surface area contributed by atoms with Crippen molar-refractivity contribution < 1.29 is 18.3 Å². The van der Waals surface area contributed by atoms with Gasteiger partial charge in [-0.1, -0.05) is 6.07 Å². The topological polar surface area (TPSA) is 20.2 Å². The standard InChI is InChI=1S/C12H13F3O/c13-10-6-5-9(11(14)12(10)15)7-1-3-8(16)4-2-7/h5-8,16H,1-4H2. The highest BCUT2D eigenvalue weighted by Crippen LogP contribution is 2.35. The van der Waals surface area contributed by atoms with Gasteiger partial charge in [-0.15, -0.1) is 0 Å². The van der Waals surface area contributed by atoms with Gasteiger partial charge in [0.1, 0.15) is 0 Å². The molecule has 0 atom stereocenters. The third kappa shape index (κ3) is 2.07. The summed E-state index contributed by atoms with van der Waals surface area (Å²) in [5, 5.41) is 9.31. The number of rotatable bonds is 1. The first-order valence-electron chi connectivity index (χ1n) is 5.41. The van der Waals surface area contributed by atoms with Gasteiger partial charge >= 0.3 is 0 Å². The Hall–Kier alpha value is -1.03. The monoisotopic (exact) mass is 230 g/mol. The van der Waals surface area contributed by atoms with Crippen LogP contribution >= 0.6 is 0 Å². The first-order chi connectivity index (χ1) is 7.59. The molecular weight excluding hydrogens is 217 g/mol. The lowest BCUT2D eigenvalue weighted by atomic mass is 9.82. The quantitative estimate of drug-likeness (QED) is 0.735. The predicted octanol–water partition coefficient (Wildman–Crippen LogP) is 3.12. The Morgan fingerprint density at radius 2 is 1.56 bits per heavy atom. The second-order valence-electron chi connectivity index (χ2n) is 4.27. The molecule has 1 saturated carbocycles. The van der Waals surface area contributed by atoms with Crippen LogP contribution in [0.3, 0.4) is 0 Å². The molecule has 0 amide bonds. The summed E-state index contributed by atoms with van der Waals surface area (Å²) in [7, 11) is 0. The molecule has 4 heteroatoms. The number of aliphatic hydroxyl groups is 1. The Morgan fingerprint density at radius 3 is 2.19 bits per heavy atom. The Morgan fingerprint density at radius 1 is 0.938 bits per heavy atom. The average Bonchev–Trinajstić information content (AvgIpc) is 2.28. The number of hydrogen-bond donors (Lipinski definition) is 1. The summed E-state index contributed by atoms with van der Waals surface area (Å²) in [6.07, 6.45) is 2.06. The number of aliphatic hydroxyl groups excluding tert-OH is 1. The van der Waals surface area contributed by atoms with Crippen molar-refractivity contribution in [2.45, 2.75) is 37.7 Å². The first-order valence-corrected chi connectivity index (χ1v) is 5.41. The molecular formula is C12H13F3O. The van der Waals surface area contributed by atoms with Gasteiger partial charge in [-0.2, -0.15) is 0 Å². The smallest absolute Gasteiger partial charge is 0.194 e. The van der Waals surface area contributed by atoms with E-state index in [1.54, 1.807) is 0 Å². The summed E-state index contributed by atoms with van der Waals surface area (Å²) in [5.74, 6) is -3.75. The lowest BCUT2D eigenvalue weighted by Crippen LogP contribution is -2.18. The summed E-state index contributed by atoms with van der Waals surface area (Å²) in [6, 6.07) is 2.26. The fraction of sp³-hybridized carbons (Fsp3) is 0.500. The van der Waals surface area contributed by atoms with Crippen molar-refractivity contribution in [2.24, 2.45) is 0 Å². The Balaban J connectivity index is 2.24.